The number of nitrogens with zero attached hydrogens (tertiary/aromatic N) is 4. The van der Waals surface area contributed by atoms with Crippen molar-refractivity contribution in [1.29, 1.82) is 0 Å². The minimum absolute atomic E-state index is 0.0306. The molecule has 3 rings (SSSR count). The van der Waals surface area contributed by atoms with E-state index in [1.807, 2.05) is 0 Å². The Morgan fingerprint density at radius 3 is 2.25 bits per heavy atom. The topological polar surface area (TPSA) is 322 Å². The molecule has 2 aromatic rings. The molecule has 0 aromatic carbocycles. The van der Waals surface area contributed by atoms with Crippen LogP contribution in [0.1, 0.15) is 60.1 Å². The number of nitrogen functional groups attached to an aromatic ring is 1. The molecule has 24 heteroatoms. The molecule has 0 spiro atoms. The SMILES string of the molecule is CC(C)(C)C(=O)CCCC(=O)C(O)C(C)(C)COP(=O)(O)OP(=O)(O)OCC1OC(n2cnc3c(N)ncnc32)C(O)C1OP(=O)(O)O. The number of phosphoric acid groups is 3. The van der Waals surface area contributed by atoms with Crippen molar-refractivity contribution in [2.75, 3.05) is 18.9 Å². The fourth-order valence-electron chi connectivity index (χ4n) is 4.47. The fraction of sp³-hybridized carbons (Fsp3) is 0.708. The third-order valence-electron chi connectivity index (χ3n) is 7.15. The predicted molar refractivity (Wildman–Crippen MR) is 162 cm³/mol. The highest BCUT2D eigenvalue weighted by Crippen LogP contribution is 2.61. The first-order chi connectivity index (χ1) is 21.8. The molecule has 7 atom stereocenters. The number of hydrogen-bond donors (Lipinski definition) is 7. The number of carbonyl (C=O) groups is 2. The number of aromatic nitrogens is 4. The number of aliphatic hydroxyl groups is 2. The van der Waals surface area contributed by atoms with Crippen LogP contribution in [0.5, 0.6) is 0 Å². The van der Waals surface area contributed by atoms with Crippen LogP contribution in [0.4, 0.5) is 5.82 Å². The van der Waals surface area contributed by atoms with E-state index in [2.05, 4.69) is 23.8 Å². The molecule has 0 amide bonds. The second kappa shape index (κ2) is 15.0. The van der Waals surface area contributed by atoms with Gasteiger partial charge in [0.05, 0.1) is 19.5 Å². The Labute approximate surface area is 274 Å². The lowest BCUT2D eigenvalue weighted by atomic mass is 9.83. The van der Waals surface area contributed by atoms with Crippen molar-refractivity contribution in [2.45, 2.75) is 84.5 Å². The summed E-state index contributed by atoms with van der Waals surface area (Å²) in [5, 5.41) is 21.4. The van der Waals surface area contributed by atoms with Crippen molar-refractivity contribution in [1.82, 2.24) is 19.5 Å². The van der Waals surface area contributed by atoms with E-state index in [1.165, 1.54) is 13.8 Å². The average Bonchev–Trinajstić information content (AvgIpc) is 3.50. The number of phosphoric ester groups is 3. The van der Waals surface area contributed by atoms with Gasteiger partial charge in [0.1, 0.15) is 42.0 Å². The van der Waals surface area contributed by atoms with Gasteiger partial charge < -0.3 is 40.3 Å². The first kappa shape index (κ1) is 40.4. The lowest BCUT2D eigenvalue weighted by molar-refractivity contribution is -0.135. The molecule has 2 aromatic heterocycles. The number of imidazole rings is 1. The number of anilines is 1. The zero-order chi connectivity index (χ0) is 36.5. The summed E-state index contributed by atoms with van der Waals surface area (Å²) in [6, 6.07) is 0. The maximum Gasteiger partial charge on any atom is 0.481 e. The molecule has 0 radical (unpaired) electrons. The highest BCUT2D eigenvalue weighted by Gasteiger charge is 2.50. The standard InChI is InChI=1S/C24H40N5O16P3/c1-23(2,3)15(31)8-6-7-13(30)19(33)24(4,5)10-42-48(39,40)45-47(37,38)41-9-14-18(44-46(34,35)36)17(32)22(43-14)29-12-28-16-20(25)26-11-27-21(16)29/h11-12,14,17-19,22,32-33H,6-10H2,1-5H3,(H,37,38)(H,39,40)(H2,25,26,27)(H2,34,35,36). The fourth-order valence-corrected chi connectivity index (χ4v) is 7.30. The Kier molecular flexibility index (Phi) is 12.7. The first-order valence-corrected chi connectivity index (χ1v) is 18.8. The third kappa shape index (κ3) is 10.7. The number of hydrogen-bond acceptors (Lipinski definition) is 16. The number of nitrogens with two attached hydrogens (primary N) is 1. The Hall–Kier alpha value is -2.06. The Morgan fingerprint density at radius 2 is 1.65 bits per heavy atom. The second-order valence-corrected chi connectivity index (χ2v) is 16.9. The van der Waals surface area contributed by atoms with Crippen molar-refractivity contribution >= 4 is 52.0 Å². The van der Waals surface area contributed by atoms with E-state index in [-0.39, 0.29) is 42.0 Å². The molecule has 8 N–H and O–H groups in total. The number of carbonyl (C=O) groups excluding carboxylic acids is 2. The molecule has 48 heavy (non-hydrogen) atoms. The summed E-state index contributed by atoms with van der Waals surface area (Å²) in [6.45, 7) is 5.91. The molecule has 1 aliphatic heterocycles. The van der Waals surface area contributed by atoms with E-state index in [4.69, 9.17) is 19.5 Å². The number of ketones is 2. The van der Waals surface area contributed by atoms with Crippen LogP contribution in [-0.2, 0) is 45.9 Å². The molecule has 272 valence electrons. The summed E-state index contributed by atoms with van der Waals surface area (Å²) in [5.41, 5.74) is 3.80. The Morgan fingerprint density at radius 1 is 1.02 bits per heavy atom. The van der Waals surface area contributed by atoms with E-state index in [0.29, 0.717) is 0 Å². The smallest absolute Gasteiger partial charge is 0.386 e. The van der Waals surface area contributed by atoms with E-state index >= 15 is 0 Å². The molecule has 21 nitrogen and oxygen atoms in total. The highest BCUT2D eigenvalue weighted by molar-refractivity contribution is 7.61. The normalized spacial score (nSPS) is 23.9. The quantitative estimate of drug-likeness (QED) is 0.112. The third-order valence-corrected chi connectivity index (χ3v) is 10.2. The van der Waals surface area contributed by atoms with Gasteiger partial charge in [-0.2, -0.15) is 4.31 Å². The molecule has 0 aliphatic carbocycles. The van der Waals surface area contributed by atoms with E-state index in [0.717, 1.165) is 17.2 Å². The number of ether oxygens (including phenoxy) is 1. The van der Waals surface area contributed by atoms with Crippen molar-refractivity contribution in [3.8, 4) is 0 Å². The predicted octanol–water partition coefficient (Wildman–Crippen LogP) is 1.14. The van der Waals surface area contributed by atoms with E-state index in [1.54, 1.807) is 20.8 Å². The molecule has 1 fully saturated rings. The van der Waals surface area contributed by atoms with Gasteiger partial charge in [-0.3, -0.25) is 27.7 Å². The summed E-state index contributed by atoms with van der Waals surface area (Å²) >= 11 is 0. The van der Waals surface area contributed by atoms with Crippen LogP contribution < -0.4 is 5.73 Å². The number of rotatable bonds is 17. The average molecular weight is 748 g/mol. The van der Waals surface area contributed by atoms with Gasteiger partial charge in [-0.15, -0.1) is 0 Å². The zero-order valence-corrected chi connectivity index (χ0v) is 29.2. The Balaban J connectivity index is 1.62. The number of Topliss-reactive ketones (excluding diaryl/α,β-unsaturated/α-hetero) is 2. The lowest BCUT2D eigenvalue weighted by Gasteiger charge is -2.30. The maximum absolute atomic E-state index is 12.6. The second-order valence-electron chi connectivity index (χ2n) is 12.7. The largest absolute Gasteiger partial charge is 0.481 e. The van der Waals surface area contributed by atoms with Gasteiger partial charge in [0.25, 0.3) is 0 Å². The van der Waals surface area contributed by atoms with Crippen LogP contribution in [0, 0.1) is 10.8 Å². The van der Waals surface area contributed by atoms with Crippen LogP contribution in [0.2, 0.25) is 0 Å². The van der Waals surface area contributed by atoms with E-state index < -0.39 is 83.9 Å². The highest BCUT2D eigenvalue weighted by atomic mass is 31.3. The van der Waals surface area contributed by atoms with E-state index in [9.17, 15) is 53.1 Å². The van der Waals surface area contributed by atoms with Gasteiger partial charge in [-0.1, -0.05) is 34.6 Å². The maximum atomic E-state index is 12.6. The molecular formula is C24H40N5O16P3. The lowest BCUT2D eigenvalue weighted by Crippen LogP contribution is -2.39. The van der Waals surface area contributed by atoms with Crippen LogP contribution in [0.15, 0.2) is 12.7 Å². The van der Waals surface area contributed by atoms with Crippen LogP contribution in [-0.4, -0.2) is 98.5 Å². The van der Waals surface area contributed by atoms with Crippen molar-refractivity contribution in [3.63, 3.8) is 0 Å². The molecule has 3 heterocycles. The van der Waals surface area contributed by atoms with Crippen molar-refractivity contribution in [3.05, 3.63) is 12.7 Å². The summed E-state index contributed by atoms with van der Waals surface area (Å²) in [4.78, 5) is 75.3. The molecule has 1 saturated heterocycles. The molecule has 0 bridgehead atoms. The Bertz CT molecular complexity index is 1620. The summed E-state index contributed by atoms with van der Waals surface area (Å²) in [5.74, 6) is -0.773. The molecule has 0 saturated carbocycles. The van der Waals surface area contributed by atoms with Crippen LogP contribution >= 0.6 is 23.5 Å². The number of fused-ring (bicyclic) bond motifs is 1. The van der Waals surface area contributed by atoms with Gasteiger partial charge in [0, 0.05) is 23.7 Å². The molecule has 7 unspecified atom stereocenters. The van der Waals surface area contributed by atoms with Crippen LogP contribution in [0.25, 0.3) is 11.2 Å². The summed E-state index contributed by atoms with van der Waals surface area (Å²) in [7, 11) is -16.2. The van der Waals surface area contributed by atoms with Gasteiger partial charge in [0.15, 0.2) is 23.5 Å². The van der Waals surface area contributed by atoms with Crippen molar-refractivity contribution in [2.24, 2.45) is 10.8 Å². The minimum Gasteiger partial charge on any atom is -0.386 e. The zero-order valence-electron chi connectivity index (χ0n) is 26.6. The summed E-state index contributed by atoms with van der Waals surface area (Å²) < 4.78 is 61.9. The van der Waals surface area contributed by atoms with Gasteiger partial charge in [0.2, 0.25) is 0 Å². The first-order valence-electron chi connectivity index (χ1n) is 14.2. The van der Waals surface area contributed by atoms with Gasteiger partial charge in [-0.05, 0) is 6.42 Å². The van der Waals surface area contributed by atoms with Crippen LogP contribution in [0.3, 0.4) is 0 Å². The van der Waals surface area contributed by atoms with Gasteiger partial charge in [-0.25, -0.2) is 28.6 Å². The summed E-state index contributed by atoms with van der Waals surface area (Å²) in [6.07, 6.45) is -6.35. The minimum atomic E-state index is -5.52. The molecule has 1 aliphatic rings. The monoisotopic (exact) mass is 747 g/mol. The number of aliphatic hydroxyl groups excluding tert-OH is 2. The molecular weight excluding hydrogens is 707 g/mol. The van der Waals surface area contributed by atoms with Gasteiger partial charge >= 0.3 is 23.5 Å². The van der Waals surface area contributed by atoms with Crippen molar-refractivity contribution < 1.29 is 75.7 Å².